The Kier molecular flexibility index (Phi) is 4.79. The number of nitrogens with one attached hydrogen (secondary N) is 1. The highest BCUT2D eigenvalue weighted by atomic mass is 35.5. The Hall–Kier alpha value is -2.53. The SMILES string of the molecule is CC(C)(Oc1ccc(Cl)cc1)C(=O)Nc1ccc2c(c1)N(C(=O)C1CC1)CC2. The molecular weight excluding hydrogens is 376 g/mol. The average Bonchev–Trinajstić information content (AvgIpc) is 3.43. The van der Waals surface area contributed by atoms with E-state index in [9.17, 15) is 9.59 Å². The Morgan fingerprint density at radius 2 is 1.86 bits per heavy atom. The molecule has 2 aliphatic rings. The Bertz CT molecular complexity index is 920. The maximum atomic E-state index is 12.8. The van der Waals surface area contributed by atoms with Crippen molar-refractivity contribution in [2.24, 2.45) is 5.92 Å². The maximum absolute atomic E-state index is 12.8. The first-order valence-corrected chi connectivity index (χ1v) is 9.92. The van der Waals surface area contributed by atoms with Crippen molar-refractivity contribution in [1.29, 1.82) is 0 Å². The minimum absolute atomic E-state index is 0.177. The van der Waals surface area contributed by atoms with Crippen molar-refractivity contribution in [3.8, 4) is 5.75 Å². The number of anilines is 2. The molecule has 2 amide bonds. The zero-order chi connectivity index (χ0) is 19.9. The number of hydrogen-bond donors (Lipinski definition) is 1. The quantitative estimate of drug-likeness (QED) is 0.810. The van der Waals surface area contributed by atoms with Crippen molar-refractivity contribution >= 4 is 34.8 Å². The normalized spacial score (nSPS) is 15.9. The number of fused-ring (bicyclic) bond motifs is 1. The number of carbonyl (C=O) groups is 2. The monoisotopic (exact) mass is 398 g/mol. The highest BCUT2D eigenvalue weighted by Gasteiger charge is 2.37. The molecule has 1 heterocycles. The fourth-order valence-corrected chi connectivity index (χ4v) is 3.49. The van der Waals surface area contributed by atoms with Crippen molar-refractivity contribution < 1.29 is 14.3 Å². The maximum Gasteiger partial charge on any atom is 0.267 e. The van der Waals surface area contributed by atoms with E-state index in [1.807, 2.05) is 23.1 Å². The van der Waals surface area contributed by atoms with Crippen LogP contribution in [0.2, 0.25) is 5.02 Å². The predicted octanol–water partition coefficient (Wildman–Crippen LogP) is 4.44. The summed E-state index contributed by atoms with van der Waals surface area (Å²) in [5.74, 6) is 0.685. The van der Waals surface area contributed by atoms with Gasteiger partial charge in [-0.3, -0.25) is 9.59 Å². The van der Waals surface area contributed by atoms with Crippen LogP contribution in [0, 0.1) is 5.92 Å². The molecule has 0 radical (unpaired) electrons. The third-order valence-corrected chi connectivity index (χ3v) is 5.42. The first kappa shape index (κ1) is 18.8. The molecule has 4 rings (SSSR count). The van der Waals surface area contributed by atoms with Gasteiger partial charge in [0.25, 0.3) is 5.91 Å². The molecule has 0 bridgehead atoms. The molecule has 2 aromatic rings. The van der Waals surface area contributed by atoms with Gasteiger partial charge < -0.3 is 15.0 Å². The van der Waals surface area contributed by atoms with Crippen molar-refractivity contribution in [3.05, 3.63) is 53.1 Å². The van der Waals surface area contributed by atoms with Crippen molar-refractivity contribution in [2.45, 2.75) is 38.7 Å². The summed E-state index contributed by atoms with van der Waals surface area (Å²) in [4.78, 5) is 27.2. The van der Waals surface area contributed by atoms with Gasteiger partial charge in [0.15, 0.2) is 5.60 Å². The largest absolute Gasteiger partial charge is 0.478 e. The van der Waals surface area contributed by atoms with E-state index in [0.29, 0.717) is 23.0 Å². The lowest BCUT2D eigenvalue weighted by molar-refractivity contribution is -0.128. The van der Waals surface area contributed by atoms with Crippen LogP contribution in [0.1, 0.15) is 32.3 Å². The van der Waals surface area contributed by atoms with Crippen LogP contribution in [0.5, 0.6) is 5.75 Å². The Balaban J connectivity index is 1.47. The molecule has 5 nitrogen and oxygen atoms in total. The number of rotatable bonds is 5. The zero-order valence-corrected chi connectivity index (χ0v) is 16.8. The third-order valence-electron chi connectivity index (χ3n) is 5.16. The van der Waals surface area contributed by atoms with Crippen molar-refractivity contribution in [1.82, 2.24) is 0 Å². The van der Waals surface area contributed by atoms with Gasteiger partial charge in [0.1, 0.15) is 5.75 Å². The van der Waals surface area contributed by atoms with E-state index < -0.39 is 5.60 Å². The van der Waals surface area contributed by atoms with E-state index in [-0.39, 0.29) is 17.7 Å². The molecule has 0 spiro atoms. The van der Waals surface area contributed by atoms with E-state index in [0.717, 1.165) is 30.5 Å². The van der Waals surface area contributed by atoms with Crippen LogP contribution in [-0.4, -0.2) is 24.0 Å². The van der Waals surface area contributed by atoms with Crippen LogP contribution in [0.25, 0.3) is 0 Å². The molecule has 2 aromatic carbocycles. The first-order valence-electron chi connectivity index (χ1n) is 9.54. The van der Waals surface area contributed by atoms with Crippen LogP contribution in [0.4, 0.5) is 11.4 Å². The van der Waals surface area contributed by atoms with E-state index in [1.165, 1.54) is 0 Å². The summed E-state index contributed by atoms with van der Waals surface area (Å²) in [6.07, 6.45) is 2.82. The summed E-state index contributed by atoms with van der Waals surface area (Å²) < 4.78 is 5.85. The number of amides is 2. The summed E-state index contributed by atoms with van der Waals surface area (Å²) >= 11 is 5.89. The summed E-state index contributed by atoms with van der Waals surface area (Å²) in [6.45, 7) is 4.15. The third kappa shape index (κ3) is 3.85. The predicted molar refractivity (Wildman–Crippen MR) is 110 cm³/mol. The Morgan fingerprint density at radius 3 is 2.54 bits per heavy atom. The average molecular weight is 399 g/mol. The van der Waals surface area contributed by atoms with Gasteiger partial charge in [0.2, 0.25) is 5.91 Å². The molecule has 1 aliphatic carbocycles. The molecule has 1 fully saturated rings. The molecule has 6 heteroatoms. The number of nitrogens with zero attached hydrogens (tertiary/aromatic N) is 1. The highest BCUT2D eigenvalue weighted by Crippen LogP contribution is 2.37. The van der Waals surface area contributed by atoms with E-state index in [4.69, 9.17) is 16.3 Å². The number of carbonyl (C=O) groups excluding carboxylic acids is 2. The second-order valence-corrected chi connectivity index (χ2v) is 8.31. The molecular formula is C22H23ClN2O3. The fourth-order valence-electron chi connectivity index (χ4n) is 3.36. The zero-order valence-electron chi connectivity index (χ0n) is 16.0. The van der Waals surface area contributed by atoms with Crippen LogP contribution in [-0.2, 0) is 16.0 Å². The second-order valence-electron chi connectivity index (χ2n) is 7.88. The lowest BCUT2D eigenvalue weighted by Gasteiger charge is -2.25. The summed E-state index contributed by atoms with van der Waals surface area (Å²) in [5.41, 5.74) is 1.64. The molecule has 1 saturated carbocycles. The smallest absolute Gasteiger partial charge is 0.267 e. The van der Waals surface area contributed by atoms with Gasteiger partial charge in [-0.05, 0) is 75.1 Å². The van der Waals surface area contributed by atoms with Crippen LogP contribution >= 0.6 is 11.6 Å². The topological polar surface area (TPSA) is 58.6 Å². The lowest BCUT2D eigenvalue weighted by Crippen LogP contribution is -2.42. The summed E-state index contributed by atoms with van der Waals surface area (Å²) in [5, 5.41) is 3.53. The minimum Gasteiger partial charge on any atom is -0.478 e. The molecule has 0 unspecified atom stereocenters. The van der Waals surface area contributed by atoms with Gasteiger partial charge in [0, 0.05) is 28.9 Å². The summed E-state index contributed by atoms with van der Waals surface area (Å²) in [6, 6.07) is 12.6. The van der Waals surface area contributed by atoms with E-state index in [1.54, 1.807) is 38.1 Å². The Labute approximate surface area is 169 Å². The molecule has 0 saturated heterocycles. The van der Waals surface area contributed by atoms with Gasteiger partial charge in [0.05, 0.1) is 0 Å². The minimum atomic E-state index is -1.07. The van der Waals surface area contributed by atoms with E-state index in [2.05, 4.69) is 5.32 Å². The number of ether oxygens (including phenoxy) is 1. The van der Waals surface area contributed by atoms with Crippen LogP contribution in [0.3, 0.4) is 0 Å². The molecule has 0 atom stereocenters. The van der Waals surface area contributed by atoms with E-state index >= 15 is 0 Å². The molecule has 28 heavy (non-hydrogen) atoms. The number of hydrogen-bond acceptors (Lipinski definition) is 3. The summed E-state index contributed by atoms with van der Waals surface area (Å²) in [7, 11) is 0. The van der Waals surface area contributed by atoms with Crippen LogP contribution in [0.15, 0.2) is 42.5 Å². The van der Waals surface area contributed by atoms with Gasteiger partial charge in [-0.2, -0.15) is 0 Å². The van der Waals surface area contributed by atoms with Gasteiger partial charge in [-0.15, -0.1) is 0 Å². The van der Waals surface area contributed by atoms with Crippen molar-refractivity contribution in [2.75, 3.05) is 16.8 Å². The fraction of sp³-hybridized carbons (Fsp3) is 0.364. The first-order chi connectivity index (χ1) is 13.3. The van der Waals surface area contributed by atoms with Crippen molar-refractivity contribution in [3.63, 3.8) is 0 Å². The number of benzene rings is 2. The molecule has 1 aliphatic heterocycles. The Morgan fingerprint density at radius 1 is 1.14 bits per heavy atom. The standard InChI is InChI=1S/C22H23ClN2O3/c1-22(2,28-18-9-6-16(23)7-10-18)21(27)24-17-8-5-14-11-12-25(19(14)13-17)20(26)15-3-4-15/h5-10,13,15H,3-4,11-12H2,1-2H3,(H,24,27). The number of halogens is 1. The molecule has 0 aromatic heterocycles. The highest BCUT2D eigenvalue weighted by molar-refractivity contribution is 6.30. The van der Waals surface area contributed by atoms with Crippen LogP contribution < -0.4 is 15.0 Å². The lowest BCUT2D eigenvalue weighted by atomic mass is 10.1. The van der Waals surface area contributed by atoms with Gasteiger partial charge >= 0.3 is 0 Å². The van der Waals surface area contributed by atoms with Gasteiger partial charge in [-0.25, -0.2) is 0 Å². The molecule has 1 N–H and O–H groups in total. The van der Waals surface area contributed by atoms with Gasteiger partial charge in [-0.1, -0.05) is 17.7 Å². The second kappa shape index (κ2) is 7.13. The molecule has 146 valence electrons.